The summed E-state index contributed by atoms with van der Waals surface area (Å²) in [4.78, 5) is 43.5. The zero-order chi connectivity index (χ0) is 22.7. The summed E-state index contributed by atoms with van der Waals surface area (Å²) in [5.74, 6) is -0.875. The number of rotatable bonds is 2. The second kappa shape index (κ2) is 7.18. The van der Waals surface area contributed by atoms with Gasteiger partial charge >= 0.3 is 0 Å². The molecule has 0 aliphatic heterocycles. The van der Waals surface area contributed by atoms with Crippen molar-refractivity contribution in [1.82, 2.24) is 9.55 Å². The maximum atomic E-state index is 13.1. The van der Waals surface area contributed by atoms with Crippen LogP contribution in [0.15, 0.2) is 78.4 Å². The van der Waals surface area contributed by atoms with E-state index in [1.54, 1.807) is 12.1 Å². The highest BCUT2D eigenvalue weighted by atomic mass is 32.1. The van der Waals surface area contributed by atoms with Crippen molar-refractivity contribution in [3.05, 3.63) is 95.2 Å². The molecule has 0 saturated heterocycles. The number of carbonyl (C=O) groups excluding carboxylic acids is 3. The Kier molecular flexibility index (Phi) is 4.25. The minimum absolute atomic E-state index is 0.0660. The molecule has 33 heavy (non-hydrogen) atoms. The van der Waals surface area contributed by atoms with Gasteiger partial charge in [0.2, 0.25) is 5.91 Å². The van der Waals surface area contributed by atoms with Crippen LogP contribution in [0.2, 0.25) is 0 Å². The van der Waals surface area contributed by atoms with E-state index in [-0.39, 0.29) is 23.0 Å². The van der Waals surface area contributed by atoms with E-state index in [9.17, 15) is 14.4 Å². The number of ketones is 2. The SMILES string of the molecule is CC(=O)n1c(C=C2C(=O)c3cc4ccccc4cc3C2=O)cc2sc(-c3ccccc3)nc21. The van der Waals surface area contributed by atoms with E-state index in [1.807, 2.05) is 60.7 Å². The van der Waals surface area contributed by atoms with Gasteiger partial charge in [-0.3, -0.25) is 19.0 Å². The summed E-state index contributed by atoms with van der Waals surface area (Å²) in [5.41, 5.74) is 2.84. The third kappa shape index (κ3) is 2.99. The van der Waals surface area contributed by atoms with Crippen molar-refractivity contribution in [2.75, 3.05) is 0 Å². The molecule has 0 fully saturated rings. The van der Waals surface area contributed by atoms with Crippen LogP contribution >= 0.6 is 11.3 Å². The van der Waals surface area contributed by atoms with Gasteiger partial charge in [-0.05, 0) is 35.0 Å². The number of hydrogen-bond acceptors (Lipinski definition) is 5. The third-order valence-electron chi connectivity index (χ3n) is 5.88. The number of allylic oxidation sites excluding steroid dienone is 1. The largest absolute Gasteiger partial charge is 0.288 e. The fourth-order valence-corrected chi connectivity index (χ4v) is 5.33. The second-order valence-corrected chi connectivity index (χ2v) is 8.99. The van der Waals surface area contributed by atoms with Crippen LogP contribution in [0.3, 0.4) is 0 Å². The number of thiazole rings is 1. The zero-order valence-electron chi connectivity index (χ0n) is 17.5. The molecule has 3 aromatic carbocycles. The second-order valence-electron chi connectivity index (χ2n) is 7.96. The number of hydrogen-bond donors (Lipinski definition) is 0. The van der Waals surface area contributed by atoms with Crippen LogP contribution in [0.4, 0.5) is 0 Å². The Hall–Kier alpha value is -4.16. The standard InChI is InChI=1S/C27H16N2O3S/c1-15(30)29-19(14-23-26(29)28-27(33-23)16-7-3-2-4-8-16)13-22-24(31)20-11-17-9-5-6-10-18(17)12-21(20)25(22)32/h2-14H,1H3. The van der Waals surface area contributed by atoms with E-state index in [0.29, 0.717) is 22.5 Å². The molecule has 0 radical (unpaired) electrons. The molecule has 0 amide bonds. The molecule has 5 nitrogen and oxygen atoms in total. The third-order valence-corrected chi connectivity index (χ3v) is 6.92. The summed E-state index contributed by atoms with van der Waals surface area (Å²) in [7, 11) is 0. The highest BCUT2D eigenvalue weighted by molar-refractivity contribution is 7.21. The van der Waals surface area contributed by atoms with Gasteiger partial charge in [0.1, 0.15) is 5.01 Å². The molecule has 0 unspecified atom stereocenters. The number of Topliss-reactive ketones (excluding diaryl/α,β-unsaturated/α-hetero) is 2. The molecule has 1 aliphatic rings. The number of fused-ring (bicyclic) bond motifs is 3. The van der Waals surface area contributed by atoms with Gasteiger partial charge < -0.3 is 0 Å². The first kappa shape index (κ1) is 19.5. The Balaban J connectivity index is 1.48. The summed E-state index contributed by atoms with van der Waals surface area (Å²) in [6, 6.07) is 22.7. The number of carbonyl (C=O) groups is 3. The molecule has 6 heteroatoms. The van der Waals surface area contributed by atoms with Crippen molar-refractivity contribution in [2.24, 2.45) is 0 Å². The average molecular weight is 449 g/mol. The molecule has 0 bridgehead atoms. The maximum absolute atomic E-state index is 13.1. The first-order valence-electron chi connectivity index (χ1n) is 10.4. The van der Waals surface area contributed by atoms with Crippen LogP contribution in [0.25, 0.3) is 37.8 Å². The average Bonchev–Trinajstić information content (AvgIpc) is 3.44. The lowest BCUT2D eigenvalue weighted by molar-refractivity contribution is 0.0936. The van der Waals surface area contributed by atoms with E-state index in [0.717, 1.165) is 26.0 Å². The van der Waals surface area contributed by atoms with Crippen LogP contribution in [-0.4, -0.2) is 27.0 Å². The molecule has 1 aliphatic carbocycles. The van der Waals surface area contributed by atoms with Gasteiger partial charge in [0.25, 0.3) is 0 Å². The highest BCUT2D eigenvalue weighted by Gasteiger charge is 2.34. The fourth-order valence-electron chi connectivity index (χ4n) is 4.33. The minimum atomic E-state index is -0.321. The van der Waals surface area contributed by atoms with Crippen LogP contribution in [0.5, 0.6) is 0 Å². The van der Waals surface area contributed by atoms with Gasteiger partial charge in [-0.1, -0.05) is 54.6 Å². The van der Waals surface area contributed by atoms with Crippen LogP contribution in [-0.2, 0) is 0 Å². The van der Waals surface area contributed by atoms with Gasteiger partial charge in [0.05, 0.1) is 16.0 Å². The van der Waals surface area contributed by atoms with Crippen molar-refractivity contribution in [3.63, 3.8) is 0 Å². The molecule has 0 saturated carbocycles. The van der Waals surface area contributed by atoms with Gasteiger partial charge in [-0.15, -0.1) is 11.3 Å². The molecule has 2 heterocycles. The maximum Gasteiger partial charge on any atom is 0.229 e. The summed E-state index contributed by atoms with van der Waals surface area (Å²) in [5, 5.41) is 2.62. The molecule has 0 N–H and O–H groups in total. The van der Waals surface area contributed by atoms with E-state index in [1.165, 1.54) is 28.9 Å². The van der Waals surface area contributed by atoms with Gasteiger partial charge in [-0.2, -0.15) is 0 Å². The Bertz CT molecular complexity index is 1620. The predicted octanol–water partition coefficient (Wildman–Crippen LogP) is 6.04. The lowest BCUT2D eigenvalue weighted by Gasteiger charge is -2.02. The monoisotopic (exact) mass is 448 g/mol. The van der Waals surface area contributed by atoms with Crippen molar-refractivity contribution >= 4 is 56.0 Å². The number of aromatic nitrogens is 2. The molecule has 158 valence electrons. The number of benzene rings is 3. The van der Waals surface area contributed by atoms with Crippen LogP contribution in [0, 0.1) is 0 Å². The Labute approximate surface area is 192 Å². The quantitative estimate of drug-likeness (QED) is 0.244. The van der Waals surface area contributed by atoms with E-state index >= 15 is 0 Å². The van der Waals surface area contributed by atoms with Crippen molar-refractivity contribution in [2.45, 2.75) is 6.92 Å². The van der Waals surface area contributed by atoms with E-state index in [2.05, 4.69) is 4.98 Å². The highest BCUT2D eigenvalue weighted by Crippen LogP contribution is 2.35. The van der Waals surface area contributed by atoms with Crippen molar-refractivity contribution < 1.29 is 14.4 Å². The Morgan fingerprint density at radius 2 is 1.48 bits per heavy atom. The van der Waals surface area contributed by atoms with E-state index in [4.69, 9.17) is 0 Å². The molecular formula is C27H16N2O3S. The summed E-state index contributed by atoms with van der Waals surface area (Å²) >= 11 is 1.47. The lowest BCUT2D eigenvalue weighted by atomic mass is 10.0. The Morgan fingerprint density at radius 1 is 0.879 bits per heavy atom. The Morgan fingerprint density at radius 3 is 2.09 bits per heavy atom. The molecule has 6 rings (SSSR count). The number of nitrogens with zero attached hydrogens (tertiary/aromatic N) is 2. The smallest absolute Gasteiger partial charge is 0.229 e. The normalized spacial score (nSPS) is 13.2. The molecule has 0 spiro atoms. The van der Waals surface area contributed by atoms with Crippen LogP contribution < -0.4 is 0 Å². The van der Waals surface area contributed by atoms with Gasteiger partial charge in [0.15, 0.2) is 17.2 Å². The first-order chi connectivity index (χ1) is 16.0. The van der Waals surface area contributed by atoms with Gasteiger partial charge in [0, 0.05) is 23.6 Å². The fraction of sp³-hybridized carbons (Fsp3) is 0.0370. The molecular weight excluding hydrogens is 432 g/mol. The topological polar surface area (TPSA) is 69.0 Å². The summed E-state index contributed by atoms with van der Waals surface area (Å²) in [6.07, 6.45) is 1.52. The zero-order valence-corrected chi connectivity index (χ0v) is 18.3. The molecule has 0 atom stereocenters. The van der Waals surface area contributed by atoms with Crippen molar-refractivity contribution in [3.8, 4) is 10.6 Å². The lowest BCUT2D eigenvalue weighted by Crippen LogP contribution is -2.09. The van der Waals surface area contributed by atoms with E-state index < -0.39 is 0 Å². The molecule has 2 aromatic heterocycles. The van der Waals surface area contributed by atoms with Crippen molar-refractivity contribution in [1.29, 1.82) is 0 Å². The summed E-state index contributed by atoms with van der Waals surface area (Å²) < 4.78 is 2.28. The minimum Gasteiger partial charge on any atom is -0.288 e. The first-order valence-corrected chi connectivity index (χ1v) is 11.3. The van der Waals surface area contributed by atoms with Crippen LogP contribution in [0.1, 0.15) is 38.1 Å². The predicted molar refractivity (Wildman–Crippen MR) is 130 cm³/mol. The summed E-state index contributed by atoms with van der Waals surface area (Å²) in [6.45, 7) is 1.45. The molecule has 5 aromatic rings. The van der Waals surface area contributed by atoms with Gasteiger partial charge in [-0.25, -0.2) is 4.98 Å².